The van der Waals surface area contributed by atoms with Gasteiger partial charge >= 0.3 is 0 Å². The zero-order chi connectivity index (χ0) is 11.5. The molecule has 0 aliphatic rings. The molecule has 0 atom stereocenters. The molecule has 3 aromatic rings. The van der Waals surface area contributed by atoms with E-state index in [1.54, 1.807) is 0 Å². The molecular formula is C15H11NO. The summed E-state index contributed by atoms with van der Waals surface area (Å²) in [6, 6.07) is 16.2. The minimum absolute atomic E-state index is 0.821. The SMILES string of the molecule is C(=Cc1ccc2ocnc2c1)c1ccccc1. The number of benzene rings is 2. The van der Waals surface area contributed by atoms with E-state index in [4.69, 9.17) is 4.42 Å². The van der Waals surface area contributed by atoms with Crippen LogP contribution < -0.4 is 0 Å². The van der Waals surface area contributed by atoms with E-state index in [-0.39, 0.29) is 0 Å². The molecule has 0 saturated heterocycles. The van der Waals surface area contributed by atoms with Crippen LogP contribution in [-0.4, -0.2) is 4.98 Å². The Labute approximate surface area is 99.2 Å². The van der Waals surface area contributed by atoms with Crippen LogP contribution in [0.3, 0.4) is 0 Å². The number of nitrogens with zero attached hydrogens (tertiary/aromatic N) is 1. The standard InChI is InChI=1S/C15H11NO/c1-2-4-12(5-3-1)6-7-13-8-9-15-14(10-13)16-11-17-15/h1-11H. The van der Waals surface area contributed by atoms with Gasteiger partial charge in [-0.25, -0.2) is 4.98 Å². The first kappa shape index (κ1) is 9.85. The third-order valence-corrected chi connectivity index (χ3v) is 2.62. The molecule has 0 spiro atoms. The monoisotopic (exact) mass is 221 g/mol. The van der Waals surface area contributed by atoms with Crippen molar-refractivity contribution in [2.24, 2.45) is 0 Å². The summed E-state index contributed by atoms with van der Waals surface area (Å²) in [6.07, 6.45) is 5.63. The van der Waals surface area contributed by atoms with Gasteiger partial charge in [0, 0.05) is 0 Å². The largest absolute Gasteiger partial charge is 0.443 e. The fraction of sp³-hybridized carbons (Fsp3) is 0. The Balaban J connectivity index is 1.92. The number of hydrogen-bond acceptors (Lipinski definition) is 2. The topological polar surface area (TPSA) is 26.0 Å². The van der Waals surface area contributed by atoms with Crippen LogP contribution in [0.4, 0.5) is 0 Å². The predicted octanol–water partition coefficient (Wildman–Crippen LogP) is 4.00. The first-order valence-corrected chi connectivity index (χ1v) is 5.48. The molecule has 0 unspecified atom stereocenters. The van der Waals surface area contributed by atoms with Gasteiger partial charge in [0.25, 0.3) is 0 Å². The maximum Gasteiger partial charge on any atom is 0.181 e. The van der Waals surface area contributed by atoms with E-state index >= 15 is 0 Å². The van der Waals surface area contributed by atoms with Gasteiger partial charge < -0.3 is 4.42 Å². The minimum atomic E-state index is 0.821. The fourth-order valence-corrected chi connectivity index (χ4v) is 1.74. The van der Waals surface area contributed by atoms with Crippen molar-refractivity contribution < 1.29 is 4.42 Å². The second-order valence-corrected chi connectivity index (χ2v) is 3.82. The third-order valence-electron chi connectivity index (χ3n) is 2.62. The highest BCUT2D eigenvalue weighted by Gasteiger charge is 1.97. The van der Waals surface area contributed by atoms with E-state index < -0.39 is 0 Å². The highest BCUT2D eigenvalue weighted by Crippen LogP contribution is 2.16. The van der Waals surface area contributed by atoms with Gasteiger partial charge in [0.2, 0.25) is 0 Å². The Morgan fingerprint density at radius 3 is 2.59 bits per heavy atom. The molecule has 2 heteroatoms. The molecule has 0 aliphatic heterocycles. The Hall–Kier alpha value is -2.35. The number of rotatable bonds is 2. The van der Waals surface area contributed by atoms with E-state index in [1.165, 1.54) is 12.0 Å². The van der Waals surface area contributed by atoms with Crippen molar-refractivity contribution in [3.8, 4) is 0 Å². The highest BCUT2D eigenvalue weighted by atomic mass is 16.3. The maximum absolute atomic E-state index is 5.20. The molecule has 0 saturated carbocycles. The van der Waals surface area contributed by atoms with Gasteiger partial charge in [-0.15, -0.1) is 0 Å². The molecule has 2 nitrogen and oxygen atoms in total. The van der Waals surface area contributed by atoms with Crippen molar-refractivity contribution >= 4 is 23.3 Å². The van der Waals surface area contributed by atoms with Crippen molar-refractivity contribution in [2.45, 2.75) is 0 Å². The number of hydrogen-bond donors (Lipinski definition) is 0. The highest BCUT2D eigenvalue weighted by molar-refractivity contribution is 5.78. The molecule has 0 fully saturated rings. The molecule has 3 rings (SSSR count). The van der Waals surface area contributed by atoms with Gasteiger partial charge in [0.05, 0.1) is 0 Å². The summed E-state index contributed by atoms with van der Waals surface area (Å²) in [5.41, 5.74) is 4.02. The molecular weight excluding hydrogens is 210 g/mol. The lowest BCUT2D eigenvalue weighted by atomic mass is 10.1. The second-order valence-electron chi connectivity index (χ2n) is 3.82. The first-order valence-electron chi connectivity index (χ1n) is 5.48. The number of oxazole rings is 1. The van der Waals surface area contributed by atoms with E-state index in [0.29, 0.717) is 0 Å². The van der Waals surface area contributed by atoms with E-state index in [0.717, 1.165) is 16.7 Å². The summed E-state index contributed by atoms with van der Waals surface area (Å²) in [5, 5.41) is 0. The van der Waals surface area contributed by atoms with Crippen LogP contribution in [0.2, 0.25) is 0 Å². The lowest BCUT2D eigenvalue weighted by molar-refractivity contribution is 0.602. The molecule has 1 aromatic heterocycles. The summed E-state index contributed by atoms with van der Waals surface area (Å²) >= 11 is 0. The normalized spacial score (nSPS) is 11.3. The molecule has 0 N–H and O–H groups in total. The molecule has 1 heterocycles. The lowest BCUT2D eigenvalue weighted by Crippen LogP contribution is -1.73. The van der Waals surface area contributed by atoms with Crippen molar-refractivity contribution in [1.29, 1.82) is 0 Å². The zero-order valence-electron chi connectivity index (χ0n) is 9.21. The molecule has 82 valence electrons. The van der Waals surface area contributed by atoms with Gasteiger partial charge in [-0.1, -0.05) is 48.6 Å². The number of fused-ring (bicyclic) bond motifs is 1. The molecule has 0 bridgehead atoms. The van der Waals surface area contributed by atoms with Crippen LogP contribution >= 0.6 is 0 Å². The average molecular weight is 221 g/mol. The zero-order valence-corrected chi connectivity index (χ0v) is 9.21. The van der Waals surface area contributed by atoms with Gasteiger partial charge in [-0.05, 0) is 23.3 Å². The van der Waals surface area contributed by atoms with E-state index in [9.17, 15) is 0 Å². The van der Waals surface area contributed by atoms with Crippen LogP contribution in [0.25, 0.3) is 23.3 Å². The van der Waals surface area contributed by atoms with Gasteiger partial charge in [0.1, 0.15) is 5.52 Å². The van der Waals surface area contributed by atoms with E-state index in [2.05, 4.69) is 29.3 Å². The van der Waals surface area contributed by atoms with Crippen LogP contribution in [0.1, 0.15) is 11.1 Å². The van der Waals surface area contributed by atoms with Crippen molar-refractivity contribution in [3.63, 3.8) is 0 Å². The van der Waals surface area contributed by atoms with Crippen LogP contribution in [-0.2, 0) is 0 Å². The summed E-state index contributed by atoms with van der Waals surface area (Å²) in [5.74, 6) is 0. The van der Waals surface area contributed by atoms with Gasteiger partial charge in [-0.2, -0.15) is 0 Å². The van der Waals surface area contributed by atoms with Gasteiger partial charge in [-0.3, -0.25) is 0 Å². The van der Waals surface area contributed by atoms with Crippen molar-refractivity contribution in [3.05, 3.63) is 66.1 Å². The fourth-order valence-electron chi connectivity index (χ4n) is 1.74. The third kappa shape index (κ3) is 2.11. The van der Waals surface area contributed by atoms with Crippen LogP contribution in [0.5, 0.6) is 0 Å². The van der Waals surface area contributed by atoms with Crippen LogP contribution in [0.15, 0.2) is 59.3 Å². The summed E-state index contributed by atoms with van der Waals surface area (Å²) < 4.78 is 5.20. The molecule has 0 amide bonds. The average Bonchev–Trinajstić information content (AvgIpc) is 2.85. The maximum atomic E-state index is 5.20. The van der Waals surface area contributed by atoms with Crippen molar-refractivity contribution in [2.75, 3.05) is 0 Å². The molecule has 2 aromatic carbocycles. The summed E-state index contributed by atoms with van der Waals surface area (Å²) in [4.78, 5) is 4.13. The predicted molar refractivity (Wildman–Crippen MR) is 69.4 cm³/mol. The van der Waals surface area contributed by atoms with Crippen molar-refractivity contribution in [1.82, 2.24) is 4.98 Å². The Morgan fingerprint density at radius 1 is 0.882 bits per heavy atom. The minimum Gasteiger partial charge on any atom is -0.443 e. The smallest absolute Gasteiger partial charge is 0.181 e. The first-order chi connectivity index (χ1) is 8.42. The second kappa shape index (κ2) is 4.26. The lowest BCUT2D eigenvalue weighted by Gasteiger charge is -1.94. The Kier molecular flexibility index (Phi) is 2.47. The molecule has 0 radical (unpaired) electrons. The number of aromatic nitrogens is 1. The molecule has 17 heavy (non-hydrogen) atoms. The Bertz CT molecular complexity index is 653. The Morgan fingerprint density at radius 2 is 1.71 bits per heavy atom. The van der Waals surface area contributed by atoms with Crippen LogP contribution in [0, 0.1) is 0 Å². The quantitative estimate of drug-likeness (QED) is 0.611. The van der Waals surface area contributed by atoms with E-state index in [1.807, 2.05) is 36.4 Å². The van der Waals surface area contributed by atoms with Gasteiger partial charge in [0.15, 0.2) is 12.0 Å². The summed E-state index contributed by atoms with van der Waals surface area (Å²) in [7, 11) is 0. The molecule has 0 aliphatic carbocycles. The summed E-state index contributed by atoms with van der Waals surface area (Å²) in [6.45, 7) is 0.